The highest BCUT2D eigenvalue weighted by Gasteiger charge is 2.23. The van der Waals surface area contributed by atoms with Gasteiger partial charge in [-0.15, -0.1) is 0 Å². The number of fused-ring (bicyclic) bond motifs is 1. The summed E-state index contributed by atoms with van der Waals surface area (Å²) in [6.45, 7) is 13.1. The molecule has 0 atom stereocenters. The quantitative estimate of drug-likeness (QED) is 0.404. The number of imidazole rings is 1. The van der Waals surface area contributed by atoms with Crippen LogP contribution in [0.3, 0.4) is 0 Å². The van der Waals surface area contributed by atoms with E-state index < -0.39 is 0 Å². The molecule has 1 heterocycles. The molecule has 2 heteroatoms. The van der Waals surface area contributed by atoms with Gasteiger partial charge in [-0.05, 0) is 75.9 Å². The van der Waals surface area contributed by atoms with Gasteiger partial charge < -0.3 is 0 Å². The fourth-order valence-corrected chi connectivity index (χ4v) is 4.57. The van der Waals surface area contributed by atoms with Gasteiger partial charge in [0.1, 0.15) is 11.4 Å². The van der Waals surface area contributed by atoms with Crippen molar-refractivity contribution in [1.29, 1.82) is 0 Å². The average molecular weight is 356 g/mol. The van der Waals surface area contributed by atoms with Crippen LogP contribution in [0.15, 0.2) is 54.9 Å². The summed E-state index contributed by atoms with van der Waals surface area (Å²) in [5, 5.41) is 0. The zero-order chi connectivity index (χ0) is 19.3. The highest BCUT2D eigenvalue weighted by molar-refractivity contribution is 5.76. The van der Waals surface area contributed by atoms with E-state index in [9.17, 15) is 0 Å². The third-order valence-corrected chi connectivity index (χ3v) is 5.38. The van der Waals surface area contributed by atoms with Crippen molar-refractivity contribution in [1.82, 2.24) is 4.57 Å². The van der Waals surface area contributed by atoms with Gasteiger partial charge in [-0.25, -0.2) is 0 Å². The molecule has 0 radical (unpaired) electrons. The van der Waals surface area contributed by atoms with Crippen LogP contribution in [0.5, 0.6) is 0 Å². The van der Waals surface area contributed by atoms with Crippen molar-refractivity contribution in [3.05, 3.63) is 88.2 Å². The molecule has 0 fully saturated rings. The van der Waals surface area contributed by atoms with Crippen LogP contribution in [-0.2, 0) is 0 Å². The number of aromatic nitrogens is 2. The lowest BCUT2D eigenvalue weighted by atomic mass is 10.0. The van der Waals surface area contributed by atoms with Crippen molar-refractivity contribution >= 4 is 11.0 Å². The molecular weight excluding hydrogens is 328 g/mol. The van der Waals surface area contributed by atoms with E-state index in [1.807, 2.05) is 0 Å². The maximum Gasteiger partial charge on any atom is 0.255 e. The van der Waals surface area contributed by atoms with Crippen LogP contribution in [-0.4, -0.2) is 4.57 Å². The third kappa shape index (κ3) is 2.86. The first kappa shape index (κ1) is 17.5. The van der Waals surface area contributed by atoms with Gasteiger partial charge in [0.05, 0.1) is 0 Å². The summed E-state index contributed by atoms with van der Waals surface area (Å²) in [4.78, 5) is 0. The number of hydrogen-bond donors (Lipinski definition) is 0. The first-order valence-corrected chi connectivity index (χ1v) is 9.55. The van der Waals surface area contributed by atoms with Crippen LogP contribution in [0.25, 0.3) is 22.4 Å². The standard InChI is InChI=1S/C25H27N2/c1-16-11-18(3)24(19(4)12-16)26-15-27(23-10-8-7-9-22(23)26)25-20(5)13-17(2)14-21(25)6/h7-15H,1-6H3/q+1. The van der Waals surface area contributed by atoms with Crippen LogP contribution >= 0.6 is 0 Å². The monoisotopic (exact) mass is 355 g/mol. The molecule has 4 rings (SSSR count). The first-order valence-electron chi connectivity index (χ1n) is 9.55. The van der Waals surface area contributed by atoms with Gasteiger partial charge in [-0.2, -0.15) is 9.13 Å². The van der Waals surface area contributed by atoms with Gasteiger partial charge in [0.25, 0.3) is 6.33 Å². The molecule has 136 valence electrons. The highest BCUT2D eigenvalue weighted by Crippen LogP contribution is 2.26. The summed E-state index contributed by atoms with van der Waals surface area (Å²) < 4.78 is 4.69. The second kappa shape index (κ2) is 6.38. The Morgan fingerprint density at radius 3 is 1.78 bits per heavy atom. The summed E-state index contributed by atoms with van der Waals surface area (Å²) >= 11 is 0. The summed E-state index contributed by atoms with van der Waals surface area (Å²) in [7, 11) is 0. The van der Waals surface area contributed by atoms with Gasteiger partial charge in [0.2, 0.25) is 0 Å². The van der Waals surface area contributed by atoms with Gasteiger partial charge >= 0.3 is 0 Å². The highest BCUT2D eigenvalue weighted by atomic mass is 15.1. The fourth-order valence-electron chi connectivity index (χ4n) is 4.57. The van der Waals surface area contributed by atoms with Crippen LogP contribution in [0.1, 0.15) is 33.4 Å². The molecule has 1 aromatic heterocycles. The Balaban J connectivity index is 2.08. The van der Waals surface area contributed by atoms with Gasteiger partial charge in [-0.1, -0.05) is 47.5 Å². The predicted octanol–water partition coefficient (Wildman–Crippen LogP) is 5.76. The van der Waals surface area contributed by atoms with E-state index in [2.05, 4.69) is 106 Å². The van der Waals surface area contributed by atoms with E-state index in [-0.39, 0.29) is 0 Å². The summed E-state index contributed by atoms with van der Waals surface area (Å²) in [6.07, 6.45) is 2.25. The molecule has 4 aromatic rings. The van der Waals surface area contributed by atoms with E-state index in [1.165, 1.54) is 55.8 Å². The molecule has 2 nitrogen and oxygen atoms in total. The molecular formula is C25H27N2+. The van der Waals surface area contributed by atoms with Crippen molar-refractivity contribution < 1.29 is 4.57 Å². The van der Waals surface area contributed by atoms with Gasteiger partial charge in [0.15, 0.2) is 11.0 Å². The SMILES string of the molecule is Cc1cc(C)c(-n2c[n+](-c3c(C)cc(C)cc3C)c3ccccc32)c(C)c1. The van der Waals surface area contributed by atoms with E-state index in [0.717, 1.165) is 0 Å². The second-order valence-electron chi connectivity index (χ2n) is 7.84. The minimum atomic E-state index is 1.23. The normalized spacial score (nSPS) is 11.3. The molecule has 0 saturated heterocycles. The van der Waals surface area contributed by atoms with Crippen LogP contribution in [0, 0.1) is 41.5 Å². The van der Waals surface area contributed by atoms with Gasteiger partial charge in [-0.3, -0.25) is 0 Å². The Morgan fingerprint density at radius 2 is 1.19 bits per heavy atom. The van der Waals surface area contributed by atoms with Crippen molar-refractivity contribution in [2.24, 2.45) is 0 Å². The lowest BCUT2D eigenvalue weighted by Crippen LogP contribution is -2.31. The van der Waals surface area contributed by atoms with E-state index in [0.29, 0.717) is 0 Å². The lowest BCUT2D eigenvalue weighted by Gasteiger charge is -2.09. The van der Waals surface area contributed by atoms with E-state index in [4.69, 9.17) is 0 Å². The number of benzene rings is 3. The molecule has 0 aliphatic rings. The fraction of sp³-hybridized carbons (Fsp3) is 0.240. The van der Waals surface area contributed by atoms with Crippen LogP contribution in [0.4, 0.5) is 0 Å². The molecule has 0 aliphatic carbocycles. The number of para-hydroxylation sites is 2. The third-order valence-electron chi connectivity index (χ3n) is 5.38. The Labute approximate surface area is 161 Å². The number of nitrogens with zero attached hydrogens (tertiary/aromatic N) is 2. The average Bonchev–Trinajstić information content (AvgIpc) is 2.93. The Hall–Kier alpha value is -2.87. The zero-order valence-corrected chi connectivity index (χ0v) is 17.1. The second-order valence-corrected chi connectivity index (χ2v) is 7.84. The molecule has 0 spiro atoms. The number of hydrogen-bond acceptors (Lipinski definition) is 0. The smallest absolute Gasteiger partial charge is 0.194 e. The Kier molecular flexibility index (Phi) is 4.15. The molecule has 0 aliphatic heterocycles. The topological polar surface area (TPSA) is 8.81 Å². The molecule has 0 unspecified atom stereocenters. The predicted molar refractivity (Wildman–Crippen MR) is 113 cm³/mol. The zero-order valence-electron chi connectivity index (χ0n) is 17.1. The lowest BCUT2D eigenvalue weighted by molar-refractivity contribution is -0.568. The van der Waals surface area contributed by atoms with Crippen molar-refractivity contribution in [3.63, 3.8) is 0 Å². The number of rotatable bonds is 2. The minimum Gasteiger partial charge on any atom is -0.194 e. The maximum absolute atomic E-state index is 2.35. The number of aryl methyl sites for hydroxylation is 6. The molecule has 0 saturated carbocycles. The molecule has 27 heavy (non-hydrogen) atoms. The molecule has 0 amide bonds. The molecule has 0 bridgehead atoms. The maximum atomic E-state index is 2.35. The minimum absolute atomic E-state index is 1.23. The summed E-state index contributed by atoms with van der Waals surface area (Å²) in [5.41, 5.74) is 12.8. The Bertz CT molecular complexity index is 1040. The van der Waals surface area contributed by atoms with Crippen LogP contribution in [0.2, 0.25) is 0 Å². The summed E-state index contributed by atoms with van der Waals surface area (Å²) in [6, 6.07) is 17.7. The summed E-state index contributed by atoms with van der Waals surface area (Å²) in [5.74, 6) is 0. The van der Waals surface area contributed by atoms with Crippen molar-refractivity contribution in [2.45, 2.75) is 41.5 Å². The van der Waals surface area contributed by atoms with E-state index in [1.54, 1.807) is 0 Å². The first-order chi connectivity index (χ1) is 12.9. The largest absolute Gasteiger partial charge is 0.255 e. The van der Waals surface area contributed by atoms with Crippen molar-refractivity contribution in [3.8, 4) is 11.4 Å². The molecule has 0 N–H and O–H groups in total. The van der Waals surface area contributed by atoms with Crippen LogP contribution < -0.4 is 4.57 Å². The Morgan fingerprint density at radius 1 is 0.667 bits per heavy atom. The van der Waals surface area contributed by atoms with Gasteiger partial charge in [0, 0.05) is 0 Å². The van der Waals surface area contributed by atoms with E-state index >= 15 is 0 Å². The van der Waals surface area contributed by atoms with Crippen molar-refractivity contribution in [2.75, 3.05) is 0 Å². The molecule has 3 aromatic carbocycles.